The molecule has 1 aromatic carbocycles. The fourth-order valence-electron chi connectivity index (χ4n) is 1.33. The van der Waals surface area contributed by atoms with E-state index in [0.29, 0.717) is 0 Å². The van der Waals surface area contributed by atoms with E-state index in [1.165, 1.54) is 13.8 Å². The Kier molecular flexibility index (Phi) is 3.98. The highest BCUT2D eigenvalue weighted by Crippen LogP contribution is 2.07. The van der Waals surface area contributed by atoms with Crippen molar-refractivity contribution in [2.24, 2.45) is 5.92 Å². The standard InChI is InChI=1S/C13H14O2/c1-10(14)13(11(2)15)9-8-12-6-4-3-5-7-12/h3-9,13H,1-2H3/b9-8-. The van der Waals surface area contributed by atoms with Crippen molar-refractivity contribution in [2.45, 2.75) is 13.8 Å². The molecule has 0 saturated carbocycles. The van der Waals surface area contributed by atoms with Gasteiger partial charge in [0.1, 0.15) is 11.6 Å². The van der Waals surface area contributed by atoms with Gasteiger partial charge in [0, 0.05) is 0 Å². The van der Waals surface area contributed by atoms with E-state index in [1.807, 2.05) is 30.3 Å². The molecule has 0 unspecified atom stereocenters. The molecule has 2 nitrogen and oxygen atoms in total. The second-order valence-corrected chi connectivity index (χ2v) is 3.47. The predicted molar refractivity (Wildman–Crippen MR) is 60.3 cm³/mol. The molecule has 15 heavy (non-hydrogen) atoms. The number of carbonyl (C=O) groups excluding carboxylic acids is 2. The van der Waals surface area contributed by atoms with E-state index in [9.17, 15) is 9.59 Å². The van der Waals surface area contributed by atoms with Crippen LogP contribution in [0.3, 0.4) is 0 Å². The number of ketones is 2. The largest absolute Gasteiger partial charge is 0.299 e. The Bertz CT molecular complexity index is 363. The van der Waals surface area contributed by atoms with Gasteiger partial charge in [-0.15, -0.1) is 0 Å². The molecular weight excluding hydrogens is 188 g/mol. The topological polar surface area (TPSA) is 34.1 Å². The highest BCUT2D eigenvalue weighted by molar-refractivity contribution is 6.02. The quantitative estimate of drug-likeness (QED) is 0.703. The van der Waals surface area contributed by atoms with Gasteiger partial charge in [-0.2, -0.15) is 0 Å². The fraction of sp³-hybridized carbons (Fsp3) is 0.231. The maximum Gasteiger partial charge on any atom is 0.144 e. The lowest BCUT2D eigenvalue weighted by Gasteiger charge is -2.02. The van der Waals surface area contributed by atoms with Crippen LogP contribution in [0.15, 0.2) is 36.4 Å². The minimum atomic E-state index is -0.606. The van der Waals surface area contributed by atoms with Crippen LogP contribution >= 0.6 is 0 Å². The fourth-order valence-corrected chi connectivity index (χ4v) is 1.33. The van der Waals surface area contributed by atoms with Gasteiger partial charge in [-0.25, -0.2) is 0 Å². The van der Waals surface area contributed by atoms with Crippen molar-refractivity contribution >= 4 is 17.6 Å². The summed E-state index contributed by atoms with van der Waals surface area (Å²) in [6.45, 7) is 2.86. The molecule has 1 aromatic rings. The molecule has 0 radical (unpaired) electrons. The molecule has 0 fully saturated rings. The lowest BCUT2D eigenvalue weighted by Crippen LogP contribution is -2.16. The summed E-state index contributed by atoms with van der Waals surface area (Å²) in [5, 5.41) is 0. The molecule has 2 heteroatoms. The van der Waals surface area contributed by atoms with Crippen LogP contribution in [-0.4, -0.2) is 11.6 Å². The normalized spacial score (nSPS) is 10.9. The van der Waals surface area contributed by atoms with Crippen molar-refractivity contribution in [3.63, 3.8) is 0 Å². The molecule has 0 amide bonds. The van der Waals surface area contributed by atoms with Gasteiger partial charge in [-0.1, -0.05) is 42.5 Å². The van der Waals surface area contributed by atoms with Gasteiger partial charge in [-0.05, 0) is 19.4 Å². The highest BCUT2D eigenvalue weighted by atomic mass is 16.1. The van der Waals surface area contributed by atoms with E-state index in [-0.39, 0.29) is 11.6 Å². The molecule has 0 atom stereocenters. The lowest BCUT2D eigenvalue weighted by molar-refractivity contribution is -0.128. The lowest BCUT2D eigenvalue weighted by atomic mass is 9.99. The SMILES string of the molecule is CC(=O)C(/C=C\c1ccccc1)C(C)=O. The molecule has 78 valence electrons. The number of allylic oxidation sites excluding steroid dienone is 1. The summed E-state index contributed by atoms with van der Waals surface area (Å²) in [7, 11) is 0. The third-order valence-corrected chi connectivity index (χ3v) is 2.16. The third-order valence-electron chi connectivity index (χ3n) is 2.16. The first-order valence-electron chi connectivity index (χ1n) is 4.85. The van der Waals surface area contributed by atoms with E-state index in [2.05, 4.69) is 0 Å². The zero-order chi connectivity index (χ0) is 11.3. The van der Waals surface area contributed by atoms with Crippen LogP contribution in [0.2, 0.25) is 0 Å². The van der Waals surface area contributed by atoms with Gasteiger partial charge in [0.2, 0.25) is 0 Å². The molecule has 0 aromatic heterocycles. The average molecular weight is 202 g/mol. The van der Waals surface area contributed by atoms with E-state index in [1.54, 1.807) is 12.2 Å². The first-order chi connectivity index (χ1) is 7.11. The van der Waals surface area contributed by atoms with Gasteiger partial charge < -0.3 is 0 Å². The van der Waals surface area contributed by atoms with Gasteiger partial charge >= 0.3 is 0 Å². The van der Waals surface area contributed by atoms with Crippen molar-refractivity contribution in [1.82, 2.24) is 0 Å². The molecule has 1 rings (SSSR count). The van der Waals surface area contributed by atoms with Crippen molar-refractivity contribution < 1.29 is 9.59 Å². The summed E-state index contributed by atoms with van der Waals surface area (Å²) < 4.78 is 0. The summed E-state index contributed by atoms with van der Waals surface area (Å²) in [5.41, 5.74) is 0.991. The van der Waals surface area contributed by atoms with E-state index >= 15 is 0 Å². The van der Waals surface area contributed by atoms with Gasteiger partial charge in [0.25, 0.3) is 0 Å². The molecular formula is C13H14O2. The van der Waals surface area contributed by atoms with Crippen LogP contribution in [0.5, 0.6) is 0 Å². The molecule has 0 aliphatic carbocycles. The number of hydrogen-bond donors (Lipinski definition) is 0. The minimum Gasteiger partial charge on any atom is -0.299 e. The van der Waals surface area contributed by atoms with Crippen LogP contribution < -0.4 is 0 Å². The van der Waals surface area contributed by atoms with Crippen molar-refractivity contribution in [1.29, 1.82) is 0 Å². The van der Waals surface area contributed by atoms with Crippen LogP contribution in [0.1, 0.15) is 19.4 Å². The Balaban J connectivity index is 2.79. The second-order valence-electron chi connectivity index (χ2n) is 3.47. The maximum absolute atomic E-state index is 11.1. The summed E-state index contributed by atoms with van der Waals surface area (Å²) >= 11 is 0. The number of hydrogen-bond acceptors (Lipinski definition) is 2. The molecule has 0 heterocycles. The Labute approximate surface area is 89.6 Å². The molecule has 0 aliphatic heterocycles. The zero-order valence-electron chi connectivity index (χ0n) is 8.94. The Morgan fingerprint density at radius 2 is 1.60 bits per heavy atom. The zero-order valence-corrected chi connectivity index (χ0v) is 8.94. The van der Waals surface area contributed by atoms with Crippen LogP contribution in [0.25, 0.3) is 6.08 Å². The van der Waals surface area contributed by atoms with Crippen LogP contribution in [0.4, 0.5) is 0 Å². The van der Waals surface area contributed by atoms with Gasteiger partial charge in [0.05, 0.1) is 5.92 Å². The molecule has 0 N–H and O–H groups in total. The van der Waals surface area contributed by atoms with Crippen molar-refractivity contribution in [3.8, 4) is 0 Å². The predicted octanol–water partition coefficient (Wildman–Crippen LogP) is 2.49. The summed E-state index contributed by atoms with van der Waals surface area (Å²) in [6.07, 6.45) is 3.45. The average Bonchev–Trinajstić information content (AvgIpc) is 2.18. The number of carbonyl (C=O) groups is 2. The summed E-state index contributed by atoms with van der Waals surface area (Å²) in [6, 6.07) is 9.60. The number of rotatable bonds is 4. The summed E-state index contributed by atoms with van der Waals surface area (Å²) in [5.74, 6) is -0.838. The monoisotopic (exact) mass is 202 g/mol. The van der Waals surface area contributed by atoms with Gasteiger partial charge in [-0.3, -0.25) is 9.59 Å². The van der Waals surface area contributed by atoms with Crippen molar-refractivity contribution in [3.05, 3.63) is 42.0 Å². The van der Waals surface area contributed by atoms with E-state index in [4.69, 9.17) is 0 Å². The van der Waals surface area contributed by atoms with Crippen LogP contribution in [0, 0.1) is 5.92 Å². The van der Waals surface area contributed by atoms with E-state index < -0.39 is 5.92 Å². The Hall–Kier alpha value is -1.70. The highest BCUT2D eigenvalue weighted by Gasteiger charge is 2.14. The third kappa shape index (κ3) is 3.50. The summed E-state index contributed by atoms with van der Waals surface area (Å²) in [4.78, 5) is 22.3. The Morgan fingerprint density at radius 3 is 2.07 bits per heavy atom. The molecule has 0 saturated heterocycles. The molecule has 0 aliphatic rings. The number of Topliss-reactive ketones (excluding diaryl/α,β-unsaturated/α-hetero) is 2. The minimum absolute atomic E-state index is 0.116. The van der Waals surface area contributed by atoms with Crippen LogP contribution in [-0.2, 0) is 9.59 Å². The van der Waals surface area contributed by atoms with Crippen molar-refractivity contribution in [2.75, 3.05) is 0 Å². The van der Waals surface area contributed by atoms with Gasteiger partial charge in [0.15, 0.2) is 0 Å². The first kappa shape index (κ1) is 11.4. The molecule has 0 spiro atoms. The number of benzene rings is 1. The van der Waals surface area contributed by atoms with E-state index in [0.717, 1.165) is 5.56 Å². The smallest absolute Gasteiger partial charge is 0.144 e. The second kappa shape index (κ2) is 5.25. The first-order valence-corrected chi connectivity index (χ1v) is 4.85. The molecule has 0 bridgehead atoms. The maximum atomic E-state index is 11.1. The Morgan fingerprint density at radius 1 is 1.07 bits per heavy atom.